The number of aliphatic hydroxyl groups excluding tert-OH is 1. The number of hydrogen-bond acceptors (Lipinski definition) is 6. The molecule has 3 atom stereocenters. The number of hydrogen-bond donors (Lipinski definition) is 1. The molecule has 1 aliphatic carbocycles. The Labute approximate surface area is 197 Å². The molecule has 1 amide bonds. The highest BCUT2D eigenvalue weighted by Gasteiger charge is 2.38. The van der Waals surface area contributed by atoms with Crippen LogP contribution in [0.1, 0.15) is 32.3 Å². The van der Waals surface area contributed by atoms with Crippen LogP contribution in [0.15, 0.2) is 23.1 Å². The highest BCUT2D eigenvalue weighted by atomic mass is 32.2. The monoisotopic (exact) mass is 477 g/mol. The molecule has 33 heavy (non-hydrogen) atoms. The van der Waals surface area contributed by atoms with Crippen LogP contribution < -0.4 is 4.74 Å². The molecule has 2 aliphatic rings. The van der Waals surface area contributed by atoms with Crippen LogP contribution in [0, 0.1) is 23.7 Å². The average molecular weight is 478 g/mol. The van der Waals surface area contributed by atoms with Crippen LogP contribution in [-0.4, -0.2) is 93.1 Å². The molecular formula is C24H35N3O5S. The summed E-state index contributed by atoms with van der Waals surface area (Å²) in [7, 11) is 1.50. The number of rotatable bonds is 6. The standard InChI is InChI=1S/C24H35N3O5S/c1-17-13-27(18(2)16-28)33(30,31)23-11-10-20(9-8-19-6-7-19)12-21(23)32-22(17)14-26(5)24(29)15-25(3)4/h10-12,17-19,22,28H,6-7,13-16H2,1-5H3/t17-,18+,22-/m1/s1. The van der Waals surface area contributed by atoms with Gasteiger partial charge in [-0.05, 0) is 52.1 Å². The fraction of sp³-hybridized carbons (Fsp3) is 0.625. The summed E-state index contributed by atoms with van der Waals surface area (Å²) in [5.41, 5.74) is 0.696. The van der Waals surface area contributed by atoms with Crippen molar-refractivity contribution in [3.63, 3.8) is 0 Å². The van der Waals surface area contributed by atoms with Gasteiger partial charge in [0.05, 0.1) is 19.7 Å². The summed E-state index contributed by atoms with van der Waals surface area (Å²) in [6, 6.07) is 4.32. The molecule has 0 radical (unpaired) electrons. The lowest BCUT2D eigenvalue weighted by Gasteiger charge is -2.37. The molecule has 3 rings (SSSR count). The Morgan fingerprint density at radius 1 is 1.30 bits per heavy atom. The molecule has 9 heteroatoms. The molecule has 1 fully saturated rings. The Hall–Kier alpha value is -2.12. The lowest BCUT2D eigenvalue weighted by molar-refractivity contribution is -0.132. The molecule has 182 valence electrons. The van der Waals surface area contributed by atoms with E-state index in [4.69, 9.17) is 4.74 Å². The fourth-order valence-corrected chi connectivity index (χ4v) is 5.52. The maximum absolute atomic E-state index is 13.5. The summed E-state index contributed by atoms with van der Waals surface area (Å²) in [4.78, 5) is 16.0. The summed E-state index contributed by atoms with van der Waals surface area (Å²) < 4.78 is 34.6. The van der Waals surface area contributed by atoms with Crippen molar-refractivity contribution in [1.29, 1.82) is 0 Å². The number of benzene rings is 1. The second kappa shape index (κ2) is 10.4. The smallest absolute Gasteiger partial charge is 0.247 e. The molecule has 0 aromatic heterocycles. The Balaban J connectivity index is 1.99. The van der Waals surface area contributed by atoms with E-state index in [1.54, 1.807) is 35.9 Å². The van der Waals surface area contributed by atoms with Gasteiger partial charge in [0.15, 0.2) is 0 Å². The Morgan fingerprint density at radius 3 is 2.61 bits per heavy atom. The van der Waals surface area contributed by atoms with Gasteiger partial charge in [0.1, 0.15) is 16.7 Å². The van der Waals surface area contributed by atoms with Crippen LogP contribution >= 0.6 is 0 Å². The SMILES string of the molecule is C[C@@H]1CN([C@@H](C)CO)S(=O)(=O)c2ccc(C#CC3CC3)cc2O[C@@H]1CN(C)C(=O)CN(C)C. The molecule has 1 heterocycles. The largest absolute Gasteiger partial charge is 0.487 e. The van der Waals surface area contributed by atoms with Gasteiger partial charge in [-0.15, -0.1) is 0 Å². The van der Waals surface area contributed by atoms with Crippen LogP contribution in [0.4, 0.5) is 0 Å². The zero-order chi connectivity index (χ0) is 24.3. The predicted molar refractivity (Wildman–Crippen MR) is 126 cm³/mol. The Morgan fingerprint density at radius 2 is 2.00 bits per heavy atom. The number of fused-ring (bicyclic) bond motifs is 1. The van der Waals surface area contributed by atoms with Crippen molar-refractivity contribution in [2.24, 2.45) is 11.8 Å². The van der Waals surface area contributed by atoms with E-state index in [1.165, 1.54) is 10.4 Å². The lowest BCUT2D eigenvalue weighted by atomic mass is 10.0. The van der Waals surface area contributed by atoms with Crippen LogP contribution in [0.25, 0.3) is 0 Å². The minimum absolute atomic E-state index is 0.0460. The van der Waals surface area contributed by atoms with Crippen molar-refractivity contribution in [3.05, 3.63) is 23.8 Å². The van der Waals surface area contributed by atoms with E-state index in [0.29, 0.717) is 18.0 Å². The number of carbonyl (C=O) groups excluding carboxylic acids is 1. The molecule has 0 spiro atoms. The van der Waals surface area contributed by atoms with E-state index in [2.05, 4.69) is 11.8 Å². The van der Waals surface area contributed by atoms with E-state index >= 15 is 0 Å². The van der Waals surface area contributed by atoms with Crippen LogP contribution in [0.5, 0.6) is 5.75 Å². The first kappa shape index (κ1) is 25.5. The molecule has 8 nitrogen and oxygen atoms in total. The van der Waals surface area contributed by atoms with Crippen molar-refractivity contribution in [3.8, 4) is 17.6 Å². The summed E-state index contributed by atoms with van der Waals surface area (Å²) >= 11 is 0. The van der Waals surface area contributed by atoms with E-state index in [-0.39, 0.29) is 42.2 Å². The summed E-state index contributed by atoms with van der Waals surface area (Å²) in [6.45, 7) is 4.06. The maximum Gasteiger partial charge on any atom is 0.247 e. The molecule has 1 aliphatic heterocycles. The van der Waals surface area contributed by atoms with E-state index in [1.807, 2.05) is 21.0 Å². The van der Waals surface area contributed by atoms with Gasteiger partial charge in [-0.3, -0.25) is 4.79 Å². The van der Waals surface area contributed by atoms with Crippen LogP contribution in [0.3, 0.4) is 0 Å². The topological polar surface area (TPSA) is 90.4 Å². The van der Waals surface area contributed by atoms with Crippen molar-refractivity contribution in [2.75, 3.05) is 47.4 Å². The third-order valence-electron chi connectivity index (χ3n) is 6.00. The number of sulfonamides is 1. The maximum atomic E-state index is 13.5. The molecule has 1 saturated carbocycles. The molecular weight excluding hydrogens is 442 g/mol. The second-order valence-electron chi connectivity index (χ2n) is 9.46. The number of nitrogens with zero attached hydrogens (tertiary/aromatic N) is 3. The summed E-state index contributed by atoms with van der Waals surface area (Å²) in [5.74, 6) is 6.70. The first-order chi connectivity index (χ1) is 15.5. The molecule has 0 saturated heterocycles. The van der Waals surface area contributed by atoms with E-state index < -0.39 is 22.2 Å². The van der Waals surface area contributed by atoms with Crippen molar-refractivity contribution < 1.29 is 23.1 Å². The highest BCUT2D eigenvalue weighted by Crippen LogP contribution is 2.34. The van der Waals surface area contributed by atoms with Gasteiger partial charge < -0.3 is 19.6 Å². The third kappa shape index (κ3) is 6.27. The predicted octanol–water partition coefficient (Wildman–Crippen LogP) is 1.24. The van der Waals surface area contributed by atoms with Crippen molar-refractivity contribution in [2.45, 2.75) is 43.7 Å². The van der Waals surface area contributed by atoms with E-state index in [9.17, 15) is 18.3 Å². The zero-order valence-electron chi connectivity index (χ0n) is 20.1. The highest BCUT2D eigenvalue weighted by molar-refractivity contribution is 7.89. The Bertz CT molecular complexity index is 1030. The van der Waals surface area contributed by atoms with Crippen LogP contribution in [0.2, 0.25) is 0 Å². The first-order valence-corrected chi connectivity index (χ1v) is 12.8. The fourth-order valence-electron chi connectivity index (χ4n) is 3.70. The molecule has 1 N–H and O–H groups in total. The average Bonchev–Trinajstić information content (AvgIpc) is 3.58. The zero-order valence-corrected chi connectivity index (χ0v) is 20.9. The van der Waals surface area contributed by atoms with Gasteiger partial charge in [0, 0.05) is 37.0 Å². The summed E-state index contributed by atoms with van der Waals surface area (Å²) in [6.07, 6.45) is 1.77. The lowest BCUT2D eigenvalue weighted by Crippen LogP contribution is -2.50. The number of aliphatic hydroxyl groups is 1. The number of ether oxygens (including phenoxy) is 1. The third-order valence-corrected chi connectivity index (χ3v) is 8.02. The number of likely N-dealkylation sites (N-methyl/N-ethyl adjacent to an activating group) is 2. The Kier molecular flexibility index (Phi) is 8.06. The molecule has 0 unspecified atom stereocenters. The minimum atomic E-state index is -3.89. The van der Waals surface area contributed by atoms with E-state index in [0.717, 1.165) is 12.8 Å². The first-order valence-electron chi connectivity index (χ1n) is 11.4. The number of amides is 1. The molecule has 1 aromatic rings. The van der Waals surface area contributed by atoms with Gasteiger partial charge in [0.25, 0.3) is 0 Å². The van der Waals surface area contributed by atoms with Gasteiger partial charge in [0.2, 0.25) is 15.9 Å². The van der Waals surface area contributed by atoms with Gasteiger partial charge in [-0.25, -0.2) is 8.42 Å². The van der Waals surface area contributed by atoms with Gasteiger partial charge in [-0.2, -0.15) is 4.31 Å². The van der Waals surface area contributed by atoms with Gasteiger partial charge >= 0.3 is 0 Å². The normalized spacial score (nSPS) is 23.4. The second-order valence-corrected chi connectivity index (χ2v) is 11.3. The number of carbonyl (C=O) groups is 1. The quantitative estimate of drug-likeness (QED) is 0.620. The van der Waals surface area contributed by atoms with Crippen molar-refractivity contribution >= 4 is 15.9 Å². The molecule has 0 bridgehead atoms. The summed E-state index contributed by atoms with van der Waals surface area (Å²) in [5, 5.41) is 9.74. The van der Waals surface area contributed by atoms with Gasteiger partial charge in [-0.1, -0.05) is 18.8 Å². The minimum Gasteiger partial charge on any atom is -0.487 e. The van der Waals surface area contributed by atoms with Crippen molar-refractivity contribution in [1.82, 2.24) is 14.1 Å². The van der Waals surface area contributed by atoms with Crippen LogP contribution in [-0.2, 0) is 14.8 Å². The molecule has 1 aromatic carbocycles.